The number of nitrogens with one attached hydrogen (secondary N) is 1. The van der Waals surface area contributed by atoms with Gasteiger partial charge in [-0.15, -0.1) is 0 Å². The van der Waals surface area contributed by atoms with Crippen molar-refractivity contribution in [1.82, 2.24) is 19.9 Å². The minimum absolute atomic E-state index is 0.0530. The topological polar surface area (TPSA) is 121 Å². The first-order chi connectivity index (χ1) is 19.9. The lowest BCUT2D eigenvalue weighted by Crippen LogP contribution is -2.41. The van der Waals surface area contributed by atoms with Gasteiger partial charge in [0.1, 0.15) is 16.1 Å². The zero-order chi connectivity index (χ0) is 28.5. The van der Waals surface area contributed by atoms with Crippen LogP contribution in [-0.2, 0) is 0 Å². The minimum atomic E-state index is -0.390. The summed E-state index contributed by atoms with van der Waals surface area (Å²) in [6.45, 7) is 3.46. The van der Waals surface area contributed by atoms with E-state index in [-0.39, 0.29) is 5.91 Å². The summed E-state index contributed by atoms with van der Waals surface area (Å²) < 4.78 is 5.52. The molecule has 202 valence electrons. The molecule has 1 aliphatic rings. The number of amides is 2. The molecule has 6 rings (SSSR count). The normalized spacial score (nSPS) is 12.5. The zero-order valence-electron chi connectivity index (χ0n) is 22.3. The molecule has 0 spiro atoms. The van der Waals surface area contributed by atoms with E-state index in [1.807, 2.05) is 48.2 Å². The number of hydrogen-bond acceptors (Lipinski definition) is 8. The van der Waals surface area contributed by atoms with E-state index in [1.54, 1.807) is 31.4 Å². The number of pyridine rings is 2. The van der Waals surface area contributed by atoms with Crippen molar-refractivity contribution in [2.24, 2.45) is 0 Å². The second-order valence-electron chi connectivity index (χ2n) is 9.62. The van der Waals surface area contributed by atoms with Crippen LogP contribution in [0.2, 0.25) is 0 Å². The van der Waals surface area contributed by atoms with E-state index in [2.05, 4.69) is 21.4 Å². The third kappa shape index (κ3) is 5.11. The number of hydrogen-bond donors (Lipinski definition) is 1. The highest BCUT2D eigenvalue weighted by Gasteiger charge is 2.22. The zero-order valence-corrected chi connectivity index (χ0v) is 23.2. The lowest BCUT2D eigenvalue weighted by Gasteiger charge is -2.30. The van der Waals surface area contributed by atoms with E-state index in [9.17, 15) is 14.9 Å². The molecule has 0 bridgehead atoms. The van der Waals surface area contributed by atoms with E-state index in [4.69, 9.17) is 9.72 Å². The Bertz CT molecular complexity index is 1850. The monoisotopic (exact) mass is 560 g/mol. The van der Waals surface area contributed by atoms with Gasteiger partial charge in [0.25, 0.3) is 11.8 Å². The molecule has 1 aliphatic heterocycles. The van der Waals surface area contributed by atoms with Crippen LogP contribution in [0.5, 0.6) is 5.75 Å². The molecule has 0 radical (unpaired) electrons. The van der Waals surface area contributed by atoms with E-state index in [1.165, 1.54) is 17.5 Å². The molecule has 10 heteroatoms. The first kappa shape index (κ1) is 26.1. The first-order valence-corrected chi connectivity index (χ1v) is 13.8. The van der Waals surface area contributed by atoms with Gasteiger partial charge >= 0.3 is 0 Å². The highest BCUT2D eigenvalue weighted by molar-refractivity contribution is 7.22. The molecule has 0 saturated carbocycles. The summed E-state index contributed by atoms with van der Waals surface area (Å²) in [6, 6.07) is 20.2. The Hall–Kier alpha value is -5.14. The second kappa shape index (κ2) is 10.8. The molecule has 4 heterocycles. The maximum atomic E-state index is 13.5. The Balaban J connectivity index is 1.26. The smallest absolute Gasteiger partial charge is 0.259 e. The number of nitrogens with zero attached hydrogens (tertiary/aromatic N) is 5. The van der Waals surface area contributed by atoms with Gasteiger partial charge < -0.3 is 9.64 Å². The predicted octanol–water partition coefficient (Wildman–Crippen LogP) is 5.71. The summed E-state index contributed by atoms with van der Waals surface area (Å²) in [5.74, 6) is 0.203. The number of ether oxygens (including phenoxy) is 1. The number of likely N-dealkylation sites (tertiary alicyclic amines) is 1. The number of aryl methyl sites for hydroxylation is 1. The lowest BCUT2D eigenvalue weighted by atomic mass is 9.97. The summed E-state index contributed by atoms with van der Waals surface area (Å²) in [5, 5.41) is 12.7. The largest absolute Gasteiger partial charge is 0.496 e. The number of carbonyl (C=O) groups is 2. The molecular formula is C31H24N6O3S. The number of aromatic nitrogens is 3. The van der Waals surface area contributed by atoms with Crippen molar-refractivity contribution < 1.29 is 14.3 Å². The third-order valence-electron chi connectivity index (χ3n) is 6.95. The van der Waals surface area contributed by atoms with Gasteiger partial charge in [0.2, 0.25) is 0 Å². The molecule has 3 aromatic heterocycles. The van der Waals surface area contributed by atoms with Crippen LogP contribution in [0, 0.1) is 18.3 Å². The van der Waals surface area contributed by atoms with Crippen molar-refractivity contribution in [1.29, 1.82) is 5.26 Å². The highest BCUT2D eigenvalue weighted by Crippen LogP contribution is 2.35. The second-order valence-corrected chi connectivity index (χ2v) is 10.6. The van der Waals surface area contributed by atoms with Crippen molar-refractivity contribution in [2.45, 2.75) is 13.3 Å². The van der Waals surface area contributed by atoms with Gasteiger partial charge in [0.05, 0.1) is 30.0 Å². The summed E-state index contributed by atoms with van der Waals surface area (Å²) in [4.78, 5) is 42.1. The molecule has 2 amide bonds. The maximum Gasteiger partial charge on any atom is 0.259 e. The van der Waals surface area contributed by atoms with Crippen LogP contribution < -0.4 is 10.1 Å². The summed E-state index contributed by atoms with van der Waals surface area (Å²) >= 11 is 1.27. The van der Waals surface area contributed by atoms with Crippen molar-refractivity contribution in [3.63, 3.8) is 0 Å². The molecule has 0 atom stereocenters. The number of rotatable bonds is 6. The molecule has 41 heavy (non-hydrogen) atoms. The fraction of sp³-hybridized carbons (Fsp3) is 0.161. The highest BCUT2D eigenvalue weighted by atomic mass is 32.1. The van der Waals surface area contributed by atoms with E-state index < -0.39 is 5.91 Å². The van der Waals surface area contributed by atoms with Gasteiger partial charge in [-0.1, -0.05) is 23.5 Å². The SMILES string of the molecule is COc1ccc(C#N)cc1-c1cc(C)ncc1C(=O)Nc1nc2ccc(-c3ccc(C(=O)N4CCC4)cc3)nc2s1. The Kier molecular flexibility index (Phi) is 6.87. The lowest BCUT2D eigenvalue weighted by molar-refractivity contribution is 0.0651. The van der Waals surface area contributed by atoms with Crippen LogP contribution in [0.3, 0.4) is 0 Å². The Morgan fingerprint density at radius 3 is 2.54 bits per heavy atom. The fourth-order valence-electron chi connectivity index (χ4n) is 4.63. The Morgan fingerprint density at radius 1 is 1.02 bits per heavy atom. The van der Waals surface area contributed by atoms with Crippen molar-refractivity contribution in [3.05, 3.63) is 89.2 Å². The molecule has 9 nitrogen and oxygen atoms in total. The van der Waals surface area contributed by atoms with Crippen LogP contribution in [0.25, 0.3) is 32.7 Å². The number of anilines is 1. The number of nitriles is 1. The van der Waals surface area contributed by atoms with Gasteiger partial charge in [0, 0.05) is 47.2 Å². The van der Waals surface area contributed by atoms with Crippen LogP contribution in [0.1, 0.15) is 38.4 Å². The average molecular weight is 561 g/mol. The summed E-state index contributed by atoms with van der Waals surface area (Å²) in [7, 11) is 1.54. The summed E-state index contributed by atoms with van der Waals surface area (Å²) in [5.41, 5.74) is 5.67. The third-order valence-corrected chi connectivity index (χ3v) is 7.83. The van der Waals surface area contributed by atoms with Gasteiger partial charge in [-0.3, -0.25) is 19.9 Å². The number of thiazole rings is 1. The molecule has 5 aromatic rings. The summed E-state index contributed by atoms with van der Waals surface area (Å²) in [6.07, 6.45) is 2.57. The first-order valence-electron chi connectivity index (χ1n) is 13.0. The molecule has 1 fully saturated rings. The predicted molar refractivity (Wildman–Crippen MR) is 157 cm³/mol. The van der Waals surface area contributed by atoms with Crippen LogP contribution >= 0.6 is 11.3 Å². The fourth-order valence-corrected chi connectivity index (χ4v) is 5.47. The van der Waals surface area contributed by atoms with Crippen LogP contribution in [0.4, 0.5) is 5.13 Å². The van der Waals surface area contributed by atoms with Gasteiger partial charge in [0.15, 0.2) is 5.13 Å². The number of fused-ring (bicyclic) bond motifs is 1. The molecule has 0 aliphatic carbocycles. The molecule has 2 aromatic carbocycles. The van der Waals surface area contributed by atoms with Gasteiger partial charge in [-0.2, -0.15) is 5.26 Å². The molecule has 0 unspecified atom stereocenters. The standard InChI is InChI=1S/C31H24N6O3S/c1-18-14-22(23-15-19(16-32)4-11-27(23)40-2)24(17-33-18)28(38)36-31-35-26-10-9-25(34-29(26)41-31)20-5-7-21(8-6-20)30(39)37-12-3-13-37/h4-11,14-15,17H,3,12-13H2,1-2H3,(H,35,36,38). The van der Waals surface area contributed by atoms with Crippen LogP contribution in [-0.4, -0.2) is 51.9 Å². The van der Waals surface area contributed by atoms with E-state index >= 15 is 0 Å². The minimum Gasteiger partial charge on any atom is -0.496 e. The van der Waals surface area contributed by atoms with E-state index in [0.29, 0.717) is 49.0 Å². The van der Waals surface area contributed by atoms with Gasteiger partial charge in [-0.05, 0) is 61.9 Å². The Morgan fingerprint density at radius 2 is 1.83 bits per heavy atom. The molecule has 1 N–H and O–H groups in total. The van der Waals surface area contributed by atoms with Crippen LogP contribution in [0.15, 0.2) is 66.9 Å². The average Bonchev–Trinajstić information content (AvgIpc) is 3.37. The van der Waals surface area contributed by atoms with Gasteiger partial charge in [-0.25, -0.2) is 9.97 Å². The number of carbonyl (C=O) groups excluding carboxylic acids is 2. The molecule has 1 saturated heterocycles. The van der Waals surface area contributed by atoms with Crippen molar-refractivity contribution >= 4 is 38.6 Å². The van der Waals surface area contributed by atoms with Crippen molar-refractivity contribution in [2.75, 3.05) is 25.5 Å². The quantitative estimate of drug-likeness (QED) is 0.282. The number of benzene rings is 2. The van der Waals surface area contributed by atoms with E-state index in [0.717, 1.165) is 36.5 Å². The van der Waals surface area contributed by atoms with Crippen molar-refractivity contribution in [3.8, 4) is 34.2 Å². The number of methoxy groups -OCH3 is 1. The Labute approximate surface area is 240 Å². The molecular weight excluding hydrogens is 536 g/mol. The maximum absolute atomic E-state index is 13.5.